The van der Waals surface area contributed by atoms with Gasteiger partial charge in [0.15, 0.2) is 0 Å². The molecule has 0 saturated carbocycles. The number of piperidine rings is 1. The fourth-order valence-corrected chi connectivity index (χ4v) is 2.96. The zero-order valence-corrected chi connectivity index (χ0v) is 15.4. The van der Waals surface area contributed by atoms with Crippen LogP contribution < -0.4 is 10.6 Å². The number of rotatable bonds is 8. The highest BCUT2D eigenvalue weighted by Gasteiger charge is 2.29. The van der Waals surface area contributed by atoms with E-state index in [1.165, 1.54) is 0 Å². The quantitative estimate of drug-likeness (QED) is 0.612. The molecule has 0 aromatic carbocycles. The minimum atomic E-state index is -0.523. The Morgan fingerprint density at radius 1 is 1.21 bits per heavy atom. The van der Waals surface area contributed by atoms with Gasteiger partial charge in [-0.1, -0.05) is 13.8 Å². The van der Waals surface area contributed by atoms with Crippen molar-refractivity contribution >= 4 is 11.9 Å². The number of aliphatic hydroxyl groups is 1. The molecule has 0 spiro atoms. The summed E-state index contributed by atoms with van der Waals surface area (Å²) in [6, 6.07) is -0.987. The lowest BCUT2D eigenvalue weighted by Crippen LogP contribution is -2.54. The van der Waals surface area contributed by atoms with Crippen molar-refractivity contribution in [2.75, 3.05) is 33.4 Å². The molecule has 1 saturated heterocycles. The van der Waals surface area contributed by atoms with Gasteiger partial charge in [0.1, 0.15) is 6.04 Å². The van der Waals surface area contributed by atoms with E-state index in [1.807, 2.05) is 20.8 Å². The van der Waals surface area contributed by atoms with Crippen LogP contribution in [0, 0.1) is 11.8 Å². The number of likely N-dealkylation sites (tertiary alicyclic amines) is 1. The first-order valence-corrected chi connectivity index (χ1v) is 8.83. The van der Waals surface area contributed by atoms with Crippen LogP contribution in [0.2, 0.25) is 0 Å². The summed E-state index contributed by atoms with van der Waals surface area (Å²) in [5.74, 6) is 0.545. The van der Waals surface area contributed by atoms with Crippen LogP contribution in [-0.2, 0) is 9.53 Å². The number of nitrogens with one attached hydrogen (secondary N) is 2. The summed E-state index contributed by atoms with van der Waals surface area (Å²) < 4.78 is 5.00. The van der Waals surface area contributed by atoms with Crippen molar-refractivity contribution in [3.8, 4) is 0 Å². The molecule has 0 aliphatic carbocycles. The Hall–Kier alpha value is -1.34. The van der Waals surface area contributed by atoms with Crippen LogP contribution in [0.25, 0.3) is 0 Å². The van der Waals surface area contributed by atoms with Crippen LogP contribution in [0.3, 0.4) is 0 Å². The summed E-state index contributed by atoms with van der Waals surface area (Å²) in [4.78, 5) is 26.7. The van der Waals surface area contributed by atoms with Gasteiger partial charge in [-0.2, -0.15) is 0 Å². The van der Waals surface area contributed by atoms with E-state index in [0.717, 1.165) is 12.8 Å². The first-order chi connectivity index (χ1) is 11.4. The van der Waals surface area contributed by atoms with Crippen molar-refractivity contribution in [2.24, 2.45) is 11.8 Å². The number of carbonyl (C=O) groups is 2. The monoisotopic (exact) mass is 343 g/mol. The summed E-state index contributed by atoms with van der Waals surface area (Å²) >= 11 is 0. The van der Waals surface area contributed by atoms with E-state index in [-0.39, 0.29) is 30.5 Å². The molecule has 140 valence electrons. The van der Waals surface area contributed by atoms with Gasteiger partial charge in [0.25, 0.3) is 0 Å². The van der Waals surface area contributed by atoms with E-state index in [1.54, 1.807) is 12.0 Å². The molecule has 1 rings (SSSR count). The molecule has 0 bridgehead atoms. The number of ether oxygens (including phenoxy) is 1. The fraction of sp³-hybridized carbons (Fsp3) is 0.882. The molecule has 3 amide bonds. The highest BCUT2D eigenvalue weighted by molar-refractivity contribution is 5.87. The van der Waals surface area contributed by atoms with Crippen molar-refractivity contribution in [3.63, 3.8) is 0 Å². The number of carbonyl (C=O) groups excluding carboxylic acids is 2. The molecule has 1 aliphatic rings. The molecule has 1 aliphatic heterocycles. The predicted molar refractivity (Wildman–Crippen MR) is 92.6 cm³/mol. The molecule has 0 aromatic rings. The zero-order valence-electron chi connectivity index (χ0n) is 15.4. The molecule has 7 heteroatoms. The number of hydrogen-bond donors (Lipinski definition) is 3. The lowest BCUT2D eigenvalue weighted by molar-refractivity contribution is -0.135. The molecule has 7 nitrogen and oxygen atoms in total. The van der Waals surface area contributed by atoms with Crippen LogP contribution in [0.5, 0.6) is 0 Å². The summed E-state index contributed by atoms with van der Waals surface area (Å²) in [5.41, 5.74) is 0. The molecule has 24 heavy (non-hydrogen) atoms. The molecule has 0 unspecified atom stereocenters. The van der Waals surface area contributed by atoms with Crippen LogP contribution in [0.15, 0.2) is 0 Å². The number of amides is 3. The maximum Gasteiger partial charge on any atom is 0.315 e. The van der Waals surface area contributed by atoms with Crippen molar-refractivity contribution < 1.29 is 19.4 Å². The Labute approximate surface area is 145 Å². The van der Waals surface area contributed by atoms with Crippen molar-refractivity contribution in [1.82, 2.24) is 15.5 Å². The second kappa shape index (κ2) is 10.5. The Bertz CT molecular complexity index is 395. The maximum atomic E-state index is 12.8. The third-order valence-electron chi connectivity index (χ3n) is 4.29. The molecule has 3 N–H and O–H groups in total. The largest absolute Gasteiger partial charge is 0.396 e. The minimum Gasteiger partial charge on any atom is -0.396 e. The molecular formula is C17H33N3O4. The van der Waals surface area contributed by atoms with Crippen LogP contribution in [-0.4, -0.2) is 67.4 Å². The van der Waals surface area contributed by atoms with Crippen molar-refractivity contribution in [3.05, 3.63) is 0 Å². The van der Waals surface area contributed by atoms with Gasteiger partial charge in [0.2, 0.25) is 5.91 Å². The van der Waals surface area contributed by atoms with Gasteiger partial charge < -0.3 is 25.4 Å². The number of aliphatic hydroxyl groups excluding tert-OH is 1. The maximum absolute atomic E-state index is 12.8. The second-order valence-electron chi connectivity index (χ2n) is 7.11. The van der Waals surface area contributed by atoms with Crippen LogP contribution in [0.4, 0.5) is 4.79 Å². The smallest absolute Gasteiger partial charge is 0.315 e. The standard InChI is InChI=1S/C17H33N3O4/c1-12(2)9-15(19-17(23)18-13(3)11-24-4)16(22)20-7-5-14(10-21)6-8-20/h12-15,21H,5-11H2,1-4H3,(H2,18,19,23)/t13-,15+/m0/s1. The Morgan fingerprint density at radius 2 is 1.83 bits per heavy atom. The SMILES string of the molecule is COC[C@H](C)NC(=O)N[C@H](CC(C)C)C(=O)N1CCC(CO)CC1. The van der Waals surface area contributed by atoms with Gasteiger partial charge in [-0.3, -0.25) is 4.79 Å². The lowest BCUT2D eigenvalue weighted by atomic mass is 9.96. The lowest BCUT2D eigenvalue weighted by Gasteiger charge is -2.34. The third kappa shape index (κ3) is 7.05. The van der Waals surface area contributed by atoms with E-state index in [2.05, 4.69) is 10.6 Å². The minimum absolute atomic E-state index is 0.0327. The van der Waals surface area contributed by atoms with Gasteiger partial charge in [0, 0.05) is 26.8 Å². The van der Waals surface area contributed by atoms with Gasteiger partial charge >= 0.3 is 6.03 Å². The van der Waals surface area contributed by atoms with Gasteiger partial charge in [-0.15, -0.1) is 0 Å². The molecule has 1 fully saturated rings. The average molecular weight is 343 g/mol. The number of urea groups is 1. The predicted octanol–water partition coefficient (Wildman–Crippen LogP) is 0.966. The van der Waals surface area contributed by atoms with Crippen LogP contribution >= 0.6 is 0 Å². The summed E-state index contributed by atoms with van der Waals surface area (Å²) in [6.07, 6.45) is 2.23. The first-order valence-electron chi connectivity index (χ1n) is 8.83. The van der Waals surface area contributed by atoms with E-state index in [4.69, 9.17) is 4.74 Å². The number of methoxy groups -OCH3 is 1. The zero-order chi connectivity index (χ0) is 18.1. The van der Waals surface area contributed by atoms with Gasteiger partial charge in [-0.05, 0) is 38.0 Å². The topological polar surface area (TPSA) is 90.9 Å². The molecule has 1 heterocycles. The normalized spacial score (nSPS) is 18.3. The number of nitrogens with zero attached hydrogens (tertiary/aromatic N) is 1. The highest BCUT2D eigenvalue weighted by Crippen LogP contribution is 2.18. The third-order valence-corrected chi connectivity index (χ3v) is 4.29. The molecule has 0 aromatic heterocycles. The van der Waals surface area contributed by atoms with Crippen LogP contribution in [0.1, 0.15) is 40.0 Å². The summed E-state index contributed by atoms with van der Waals surface area (Å²) in [6.45, 7) is 7.79. The first kappa shape index (κ1) is 20.7. The average Bonchev–Trinajstić information content (AvgIpc) is 2.53. The van der Waals surface area contributed by atoms with Gasteiger partial charge in [-0.25, -0.2) is 4.79 Å². The molecule has 2 atom stereocenters. The molecule has 0 radical (unpaired) electrons. The highest BCUT2D eigenvalue weighted by atomic mass is 16.5. The van der Waals surface area contributed by atoms with Gasteiger partial charge in [0.05, 0.1) is 12.6 Å². The Morgan fingerprint density at radius 3 is 2.33 bits per heavy atom. The summed E-state index contributed by atoms with van der Waals surface area (Å²) in [7, 11) is 1.58. The summed E-state index contributed by atoms with van der Waals surface area (Å²) in [5, 5.41) is 14.8. The van der Waals surface area contributed by atoms with E-state index < -0.39 is 6.04 Å². The fourth-order valence-electron chi connectivity index (χ4n) is 2.96. The van der Waals surface area contributed by atoms with Crippen molar-refractivity contribution in [1.29, 1.82) is 0 Å². The van der Waals surface area contributed by atoms with E-state index in [0.29, 0.717) is 32.0 Å². The number of hydrogen-bond acceptors (Lipinski definition) is 4. The molecular weight excluding hydrogens is 310 g/mol. The Balaban J connectivity index is 2.60. The Kier molecular flexibility index (Phi) is 9.07. The van der Waals surface area contributed by atoms with E-state index >= 15 is 0 Å². The second-order valence-corrected chi connectivity index (χ2v) is 7.11. The van der Waals surface area contributed by atoms with E-state index in [9.17, 15) is 14.7 Å². The van der Waals surface area contributed by atoms with Crippen molar-refractivity contribution in [2.45, 2.75) is 52.1 Å².